The van der Waals surface area contributed by atoms with Crippen molar-refractivity contribution in [2.45, 2.75) is 56.8 Å². The molecule has 1 aliphatic carbocycles. The minimum atomic E-state index is 0.599. The lowest BCUT2D eigenvalue weighted by atomic mass is 9.89. The van der Waals surface area contributed by atoms with Crippen molar-refractivity contribution in [1.29, 1.82) is 0 Å². The summed E-state index contributed by atoms with van der Waals surface area (Å²) in [6.07, 6.45) is 9.68. The molecule has 7 nitrogen and oxygen atoms in total. The Morgan fingerprint density at radius 3 is 2.13 bits per heavy atom. The molecule has 2 aromatic carbocycles. The Kier molecular flexibility index (Phi) is 13.9. The first-order chi connectivity index (χ1) is 21.9. The highest BCUT2D eigenvalue weighted by Gasteiger charge is 2.24. The summed E-state index contributed by atoms with van der Waals surface area (Å²) < 4.78 is 13.4. The normalized spacial score (nSPS) is 22.9. The lowest BCUT2D eigenvalue weighted by Gasteiger charge is -2.38. The van der Waals surface area contributed by atoms with E-state index >= 15 is 0 Å². The van der Waals surface area contributed by atoms with Crippen LogP contribution in [0.15, 0.2) is 53.4 Å². The SMILES string of the molecule is COc1cccc(N2CCN(SN3CCCN(CC4CCCCC4)CCCN(Sc4ccc(N(C)C)cc4)CC(C)C3)CC2)c1. The van der Waals surface area contributed by atoms with Crippen LogP contribution in [0.25, 0.3) is 0 Å². The zero-order valence-electron chi connectivity index (χ0n) is 28.4. The highest BCUT2D eigenvalue weighted by atomic mass is 32.2. The molecule has 0 N–H and O–H groups in total. The Morgan fingerprint density at radius 2 is 1.44 bits per heavy atom. The number of methoxy groups -OCH3 is 1. The van der Waals surface area contributed by atoms with E-state index in [4.69, 9.17) is 4.74 Å². The highest BCUT2D eigenvalue weighted by molar-refractivity contribution is 7.97. The van der Waals surface area contributed by atoms with Crippen molar-refractivity contribution in [3.05, 3.63) is 48.5 Å². The quantitative estimate of drug-likeness (QED) is 0.264. The minimum Gasteiger partial charge on any atom is -0.497 e. The maximum absolute atomic E-state index is 5.48. The van der Waals surface area contributed by atoms with E-state index in [1.165, 1.54) is 80.9 Å². The van der Waals surface area contributed by atoms with Crippen molar-refractivity contribution in [3.8, 4) is 5.75 Å². The van der Waals surface area contributed by atoms with E-state index in [1.807, 2.05) is 30.1 Å². The van der Waals surface area contributed by atoms with E-state index in [0.29, 0.717) is 5.92 Å². The molecule has 1 unspecified atom stereocenters. The molecule has 0 radical (unpaired) electrons. The first-order valence-corrected chi connectivity index (χ1v) is 18.9. The molecule has 3 aliphatic rings. The molecule has 0 spiro atoms. The van der Waals surface area contributed by atoms with Crippen LogP contribution in [0.1, 0.15) is 51.9 Å². The summed E-state index contributed by atoms with van der Waals surface area (Å²) in [7, 11) is 5.98. The Morgan fingerprint density at radius 1 is 0.756 bits per heavy atom. The second kappa shape index (κ2) is 18.1. The summed E-state index contributed by atoms with van der Waals surface area (Å²) in [6.45, 7) is 15.0. The fourth-order valence-corrected chi connectivity index (χ4v) is 9.31. The van der Waals surface area contributed by atoms with Gasteiger partial charge < -0.3 is 19.4 Å². The smallest absolute Gasteiger partial charge is 0.120 e. The van der Waals surface area contributed by atoms with Crippen LogP contribution in [-0.4, -0.2) is 111 Å². The van der Waals surface area contributed by atoms with E-state index in [9.17, 15) is 0 Å². The molecule has 2 saturated heterocycles. The third-order valence-electron chi connectivity index (χ3n) is 9.51. The molecule has 2 aromatic rings. The number of anilines is 2. The van der Waals surface area contributed by atoms with Gasteiger partial charge in [-0.05, 0) is 99.0 Å². The average molecular weight is 655 g/mol. The topological polar surface area (TPSA) is 28.7 Å². The third kappa shape index (κ3) is 11.2. The van der Waals surface area contributed by atoms with Gasteiger partial charge >= 0.3 is 0 Å². The van der Waals surface area contributed by atoms with Crippen LogP contribution in [0.3, 0.4) is 0 Å². The molecule has 0 amide bonds. The Hall–Kier alpha value is -1.62. The molecular formula is C36H58N6OS2. The first-order valence-electron chi connectivity index (χ1n) is 17.4. The molecule has 2 aliphatic heterocycles. The Labute approximate surface area is 283 Å². The van der Waals surface area contributed by atoms with E-state index in [1.54, 1.807) is 7.11 Å². The number of rotatable bonds is 9. The van der Waals surface area contributed by atoms with Gasteiger partial charge in [0.25, 0.3) is 0 Å². The number of nitrogens with zero attached hydrogens (tertiary/aromatic N) is 6. The number of benzene rings is 2. The number of hydrogen-bond acceptors (Lipinski definition) is 9. The number of hydrogen-bond donors (Lipinski definition) is 0. The molecule has 3 fully saturated rings. The molecule has 45 heavy (non-hydrogen) atoms. The largest absolute Gasteiger partial charge is 0.497 e. The third-order valence-corrected chi connectivity index (χ3v) is 11.7. The molecule has 5 rings (SSSR count). The van der Waals surface area contributed by atoms with Gasteiger partial charge in [-0.15, -0.1) is 0 Å². The van der Waals surface area contributed by atoms with Crippen LogP contribution in [0.2, 0.25) is 0 Å². The summed E-state index contributed by atoms with van der Waals surface area (Å²) in [6, 6.07) is 17.6. The minimum absolute atomic E-state index is 0.599. The van der Waals surface area contributed by atoms with E-state index < -0.39 is 0 Å². The van der Waals surface area contributed by atoms with Crippen LogP contribution in [0, 0.1) is 11.8 Å². The van der Waals surface area contributed by atoms with Gasteiger partial charge in [-0.2, -0.15) is 0 Å². The van der Waals surface area contributed by atoms with Crippen LogP contribution < -0.4 is 14.5 Å². The molecule has 1 atom stereocenters. The lowest BCUT2D eigenvalue weighted by molar-refractivity contribution is 0.183. The summed E-state index contributed by atoms with van der Waals surface area (Å²) in [5.41, 5.74) is 2.53. The fraction of sp³-hybridized carbons (Fsp3) is 0.667. The monoisotopic (exact) mass is 654 g/mol. The van der Waals surface area contributed by atoms with Crippen molar-refractivity contribution in [1.82, 2.24) is 17.8 Å². The van der Waals surface area contributed by atoms with Crippen LogP contribution in [-0.2, 0) is 0 Å². The number of ether oxygens (including phenoxy) is 1. The summed E-state index contributed by atoms with van der Waals surface area (Å²) in [4.78, 5) is 8.85. The van der Waals surface area contributed by atoms with E-state index in [2.05, 4.69) is 91.1 Å². The zero-order valence-corrected chi connectivity index (χ0v) is 30.0. The maximum Gasteiger partial charge on any atom is 0.120 e. The summed E-state index contributed by atoms with van der Waals surface area (Å²) in [5.74, 6) is 2.44. The van der Waals surface area contributed by atoms with Gasteiger partial charge in [0.05, 0.1) is 7.11 Å². The van der Waals surface area contributed by atoms with Gasteiger partial charge in [0.2, 0.25) is 0 Å². The van der Waals surface area contributed by atoms with Gasteiger partial charge in [0, 0.05) is 107 Å². The molecule has 250 valence electrons. The van der Waals surface area contributed by atoms with Gasteiger partial charge in [-0.1, -0.05) is 32.3 Å². The average Bonchev–Trinajstić information content (AvgIpc) is 3.05. The van der Waals surface area contributed by atoms with Gasteiger partial charge in [0.1, 0.15) is 5.75 Å². The summed E-state index contributed by atoms with van der Waals surface area (Å²) in [5, 5.41) is 0. The standard InChI is InChI=1S/C36H58N6OS2/c1-31-28-41(44-36-17-15-33(16-18-36)37(2)3)21-9-19-38(30-32-11-6-5-7-12-32)20-10-22-42(29-31)45-40-25-23-39(24-26-40)34-13-8-14-35(27-34)43-4/h8,13-18,27,31-32H,5-7,9-12,19-26,28-30H2,1-4H3. The predicted octanol–water partition coefficient (Wildman–Crippen LogP) is 7.07. The van der Waals surface area contributed by atoms with E-state index in [0.717, 1.165) is 64.0 Å². The lowest BCUT2D eigenvalue weighted by Crippen LogP contribution is -2.45. The van der Waals surface area contributed by atoms with Crippen LogP contribution in [0.5, 0.6) is 5.75 Å². The Balaban J connectivity index is 1.21. The maximum atomic E-state index is 5.48. The first kappa shape index (κ1) is 34.7. The fourth-order valence-electron chi connectivity index (χ4n) is 7.02. The van der Waals surface area contributed by atoms with Crippen molar-refractivity contribution in [3.63, 3.8) is 0 Å². The van der Waals surface area contributed by atoms with Gasteiger partial charge in [0.15, 0.2) is 0 Å². The van der Waals surface area contributed by atoms with E-state index in [-0.39, 0.29) is 0 Å². The van der Waals surface area contributed by atoms with Crippen molar-refractivity contribution >= 4 is 35.5 Å². The highest BCUT2D eigenvalue weighted by Crippen LogP contribution is 2.30. The van der Waals surface area contributed by atoms with Crippen LogP contribution in [0.4, 0.5) is 11.4 Å². The Bertz CT molecular complexity index is 1120. The molecule has 2 heterocycles. The molecule has 9 heteroatoms. The van der Waals surface area contributed by atoms with Crippen molar-refractivity contribution in [2.75, 3.05) is 103 Å². The predicted molar refractivity (Wildman–Crippen MR) is 196 cm³/mol. The second-order valence-electron chi connectivity index (χ2n) is 13.6. The van der Waals surface area contributed by atoms with Gasteiger partial charge in [-0.3, -0.25) is 0 Å². The molecular weight excluding hydrogens is 597 g/mol. The molecule has 1 saturated carbocycles. The van der Waals surface area contributed by atoms with Crippen LogP contribution >= 0.6 is 24.1 Å². The van der Waals surface area contributed by atoms with Gasteiger partial charge in [-0.25, -0.2) is 12.9 Å². The van der Waals surface area contributed by atoms with Crippen molar-refractivity contribution in [2.24, 2.45) is 11.8 Å². The second-order valence-corrected chi connectivity index (χ2v) is 15.9. The zero-order chi connectivity index (χ0) is 31.4. The number of piperazine rings is 1. The van der Waals surface area contributed by atoms with Crippen molar-refractivity contribution < 1.29 is 4.74 Å². The molecule has 0 bridgehead atoms. The molecule has 0 aromatic heterocycles. The summed E-state index contributed by atoms with van der Waals surface area (Å²) >= 11 is 3.97.